The molecule has 0 aromatic heterocycles. The van der Waals surface area contributed by atoms with Crippen molar-refractivity contribution in [3.8, 4) is 5.75 Å². The number of Topliss-reactive ketones (excluding diaryl/α,β-unsaturated/α-hetero) is 1. The van der Waals surface area contributed by atoms with Crippen molar-refractivity contribution >= 4 is 17.6 Å². The number of nitrogens with one attached hydrogen (secondary N) is 1. The van der Waals surface area contributed by atoms with Crippen LogP contribution >= 0.6 is 0 Å². The summed E-state index contributed by atoms with van der Waals surface area (Å²) in [6.07, 6.45) is 8.49. The summed E-state index contributed by atoms with van der Waals surface area (Å²) in [4.78, 5) is 26.7. The summed E-state index contributed by atoms with van der Waals surface area (Å²) in [5.74, 6) is 1.64. The van der Waals surface area contributed by atoms with Crippen molar-refractivity contribution in [1.29, 1.82) is 5.41 Å². The number of hydrogen-bond donors (Lipinski definition) is 2. The van der Waals surface area contributed by atoms with Crippen molar-refractivity contribution < 1.29 is 19.1 Å². The van der Waals surface area contributed by atoms with Crippen LogP contribution < -0.4 is 10.5 Å². The van der Waals surface area contributed by atoms with Gasteiger partial charge in [-0.25, -0.2) is 0 Å². The van der Waals surface area contributed by atoms with E-state index in [0.29, 0.717) is 42.6 Å². The number of benzene rings is 1. The lowest BCUT2D eigenvalue weighted by Crippen LogP contribution is -2.59. The minimum absolute atomic E-state index is 0.0221. The van der Waals surface area contributed by atoms with Crippen LogP contribution in [0.25, 0.3) is 0 Å². The molecule has 1 aromatic rings. The van der Waals surface area contributed by atoms with E-state index in [1.54, 1.807) is 24.3 Å². The number of allylic oxidation sites excluding steroid dienone is 1. The van der Waals surface area contributed by atoms with Gasteiger partial charge in [0, 0.05) is 22.8 Å². The van der Waals surface area contributed by atoms with Gasteiger partial charge in [0.2, 0.25) is 0 Å². The fourth-order valence-corrected chi connectivity index (χ4v) is 9.06. The summed E-state index contributed by atoms with van der Waals surface area (Å²) < 4.78 is 11.7. The monoisotopic (exact) mass is 506 g/mol. The van der Waals surface area contributed by atoms with Crippen molar-refractivity contribution in [2.75, 3.05) is 13.2 Å². The van der Waals surface area contributed by atoms with Crippen molar-refractivity contribution in [2.45, 2.75) is 78.6 Å². The molecule has 0 saturated heterocycles. The molecule has 0 amide bonds. The van der Waals surface area contributed by atoms with E-state index in [4.69, 9.17) is 20.6 Å². The third-order valence-electron chi connectivity index (χ3n) is 10.9. The molecule has 1 spiro atoms. The summed E-state index contributed by atoms with van der Waals surface area (Å²) in [6.45, 7) is 11.8. The van der Waals surface area contributed by atoms with E-state index >= 15 is 0 Å². The Morgan fingerprint density at radius 1 is 1.05 bits per heavy atom. The smallest absolute Gasteiger partial charge is 0.312 e. The van der Waals surface area contributed by atoms with Gasteiger partial charge in [0.05, 0.1) is 18.6 Å². The van der Waals surface area contributed by atoms with Gasteiger partial charge in [-0.2, -0.15) is 0 Å². The lowest BCUT2D eigenvalue weighted by Gasteiger charge is -2.63. The number of fused-ring (bicyclic) bond motifs is 3. The van der Waals surface area contributed by atoms with Crippen molar-refractivity contribution in [2.24, 2.45) is 39.2 Å². The number of carbonyl (C=O) groups excluding carboxylic acids is 2. The summed E-state index contributed by atoms with van der Waals surface area (Å²) in [5.41, 5.74) is 6.25. The van der Waals surface area contributed by atoms with Gasteiger partial charge in [-0.15, -0.1) is 0 Å². The normalized spacial score (nSPS) is 38.5. The first-order chi connectivity index (χ1) is 17.5. The second kappa shape index (κ2) is 8.99. The molecule has 6 nitrogen and oxygen atoms in total. The lowest BCUT2D eigenvalue weighted by atomic mass is 9.40. The largest absolute Gasteiger partial charge is 0.493 e. The number of amidine groups is 1. The zero-order valence-corrected chi connectivity index (χ0v) is 22.7. The highest BCUT2D eigenvalue weighted by atomic mass is 16.5. The van der Waals surface area contributed by atoms with Crippen LogP contribution in [-0.4, -0.2) is 30.8 Å². The second-order valence-electron chi connectivity index (χ2n) is 12.9. The van der Waals surface area contributed by atoms with Crippen LogP contribution in [0.15, 0.2) is 36.4 Å². The summed E-state index contributed by atoms with van der Waals surface area (Å²) in [6, 6.07) is 7.11. The molecule has 0 unspecified atom stereocenters. The minimum atomic E-state index is -0.497. The van der Waals surface area contributed by atoms with Gasteiger partial charge < -0.3 is 15.2 Å². The first-order valence-corrected chi connectivity index (χ1v) is 13.9. The molecule has 37 heavy (non-hydrogen) atoms. The summed E-state index contributed by atoms with van der Waals surface area (Å²) in [7, 11) is 0. The van der Waals surface area contributed by atoms with Crippen LogP contribution in [0, 0.1) is 38.9 Å². The van der Waals surface area contributed by atoms with Gasteiger partial charge in [0.1, 0.15) is 11.6 Å². The maximum absolute atomic E-state index is 13.6. The molecule has 2 bridgehead atoms. The molecule has 4 aliphatic carbocycles. The number of rotatable bonds is 7. The number of hydrogen-bond acceptors (Lipinski definition) is 5. The predicted molar refractivity (Wildman–Crippen MR) is 143 cm³/mol. The van der Waals surface area contributed by atoms with Gasteiger partial charge in [-0.05, 0) is 99.0 Å². The van der Waals surface area contributed by atoms with Crippen LogP contribution in [-0.2, 0) is 14.3 Å². The molecule has 4 fully saturated rings. The number of ether oxygens (including phenoxy) is 2. The molecule has 1 aromatic carbocycles. The van der Waals surface area contributed by atoms with E-state index in [1.807, 2.05) is 0 Å². The Labute approximate surface area is 220 Å². The third kappa shape index (κ3) is 3.93. The van der Waals surface area contributed by atoms with Crippen LogP contribution in [0.2, 0.25) is 0 Å². The third-order valence-corrected chi connectivity index (χ3v) is 10.9. The maximum atomic E-state index is 13.6. The molecule has 6 atom stereocenters. The lowest BCUT2D eigenvalue weighted by molar-refractivity contribution is -0.185. The average Bonchev–Trinajstić information content (AvgIpc) is 3.00. The van der Waals surface area contributed by atoms with Gasteiger partial charge in [-0.1, -0.05) is 26.8 Å². The minimum Gasteiger partial charge on any atom is -0.493 e. The van der Waals surface area contributed by atoms with E-state index in [9.17, 15) is 9.59 Å². The standard InChI is InChI=1S/C31H42N2O4/c1-20-25(34)28(2)15-11-24-29(3)13-5-14-30(4,23(29)12-16-31(20,24)19-28)27(35)37-18-6-17-36-22-9-7-21(8-10-22)26(32)33/h7-10,23-24H,1,5-6,11-19H2,2-4H3,(H3,32,33)/t23-,24-,28-,29+,30+,31+/m0/s1. The average molecular weight is 507 g/mol. The highest BCUT2D eigenvalue weighted by Crippen LogP contribution is 2.74. The second-order valence-corrected chi connectivity index (χ2v) is 12.9. The molecule has 3 N–H and O–H groups in total. The molecule has 6 heteroatoms. The Balaban J connectivity index is 1.21. The number of ketones is 1. The first kappa shape index (κ1) is 26.0. The molecule has 0 radical (unpaired) electrons. The molecule has 0 aliphatic heterocycles. The summed E-state index contributed by atoms with van der Waals surface area (Å²) in [5, 5.41) is 7.47. The topological polar surface area (TPSA) is 102 Å². The fraction of sp³-hybridized carbons (Fsp3) is 0.645. The van der Waals surface area contributed by atoms with E-state index in [1.165, 1.54) is 0 Å². The van der Waals surface area contributed by atoms with Crippen molar-refractivity contribution in [1.82, 2.24) is 0 Å². The zero-order valence-electron chi connectivity index (χ0n) is 22.7. The number of esters is 1. The van der Waals surface area contributed by atoms with Crippen LogP contribution in [0.1, 0.15) is 84.1 Å². The number of carbonyl (C=O) groups is 2. The Kier molecular flexibility index (Phi) is 6.32. The molecule has 0 heterocycles. The van der Waals surface area contributed by atoms with Crippen LogP contribution in [0.3, 0.4) is 0 Å². The Hall–Kier alpha value is -2.63. The molecule has 200 valence electrons. The molecular formula is C31H42N2O4. The zero-order chi connectivity index (χ0) is 26.6. The molecule has 4 saturated carbocycles. The summed E-state index contributed by atoms with van der Waals surface area (Å²) >= 11 is 0. The Morgan fingerprint density at radius 2 is 1.76 bits per heavy atom. The Morgan fingerprint density at radius 3 is 2.46 bits per heavy atom. The number of nitrogen functional groups attached to an aromatic ring is 1. The van der Waals surface area contributed by atoms with Gasteiger partial charge in [-0.3, -0.25) is 15.0 Å². The van der Waals surface area contributed by atoms with Gasteiger partial charge in [0.25, 0.3) is 0 Å². The van der Waals surface area contributed by atoms with Crippen LogP contribution in [0.5, 0.6) is 5.75 Å². The van der Waals surface area contributed by atoms with Gasteiger partial charge >= 0.3 is 5.97 Å². The number of nitrogens with two attached hydrogens (primary N) is 1. The van der Waals surface area contributed by atoms with E-state index in [-0.39, 0.29) is 34.0 Å². The molecule has 5 rings (SSSR count). The van der Waals surface area contributed by atoms with E-state index < -0.39 is 5.41 Å². The fourth-order valence-electron chi connectivity index (χ4n) is 9.06. The first-order valence-electron chi connectivity index (χ1n) is 13.9. The highest BCUT2D eigenvalue weighted by molar-refractivity contribution is 6.03. The van der Waals surface area contributed by atoms with Crippen LogP contribution in [0.4, 0.5) is 0 Å². The Bertz CT molecular complexity index is 1130. The van der Waals surface area contributed by atoms with Crippen molar-refractivity contribution in [3.63, 3.8) is 0 Å². The maximum Gasteiger partial charge on any atom is 0.312 e. The highest BCUT2D eigenvalue weighted by Gasteiger charge is 2.69. The van der Waals surface area contributed by atoms with E-state index in [0.717, 1.165) is 56.9 Å². The van der Waals surface area contributed by atoms with Gasteiger partial charge in [0.15, 0.2) is 5.78 Å². The quantitative estimate of drug-likeness (QED) is 0.159. The van der Waals surface area contributed by atoms with Crippen molar-refractivity contribution in [3.05, 3.63) is 42.0 Å². The predicted octanol–water partition coefficient (Wildman–Crippen LogP) is 5.82. The molecular weight excluding hydrogens is 464 g/mol. The SMILES string of the molecule is C=C1C(=O)[C@@]2(C)CC[C@@H]3[C@]1(CC[C@H]1[C@@]3(C)CCC[C@@]1(C)C(=O)OCCCOc1ccc(C(=N)N)cc1)C2. The molecule has 4 aliphatic rings. The van der Waals surface area contributed by atoms with E-state index in [2.05, 4.69) is 27.4 Å².